The maximum atomic E-state index is 5.72. The molecule has 0 N–H and O–H groups in total. The molecule has 0 unspecified atom stereocenters. The molecule has 0 aliphatic carbocycles. The predicted molar refractivity (Wildman–Crippen MR) is 59.3 cm³/mol. The number of ether oxygens (including phenoxy) is 2. The fourth-order valence-electron chi connectivity index (χ4n) is 1.24. The van der Waals surface area contributed by atoms with E-state index >= 15 is 0 Å². The molecule has 0 atom stereocenters. The summed E-state index contributed by atoms with van der Waals surface area (Å²) < 4.78 is 10.4. The van der Waals surface area contributed by atoms with E-state index in [0.29, 0.717) is 17.4 Å². The number of methoxy groups -OCH3 is 2. The lowest BCUT2D eigenvalue weighted by Gasteiger charge is -2.12. The number of hydrogen-bond acceptors (Lipinski definition) is 2. The normalized spacial score (nSPS) is 9.64. The Morgan fingerprint density at radius 3 is 2.57 bits per heavy atom. The lowest BCUT2D eigenvalue weighted by Crippen LogP contribution is -1.95. The molecule has 0 amide bonds. The average Bonchev–Trinajstić information content (AvgIpc) is 2.26. The Hall–Kier alpha value is -1.15. The summed E-state index contributed by atoms with van der Waals surface area (Å²) in [6, 6.07) is 5.63. The highest BCUT2D eigenvalue weighted by Crippen LogP contribution is 2.34. The van der Waals surface area contributed by atoms with E-state index in [1.807, 2.05) is 18.2 Å². The summed E-state index contributed by atoms with van der Waals surface area (Å²) in [6.07, 6.45) is 0. The third-order valence-corrected chi connectivity index (χ3v) is 2.27. The van der Waals surface area contributed by atoms with Gasteiger partial charge in [-0.25, -0.2) is 0 Å². The molecule has 0 aliphatic heterocycles. The lowest BCUT2D eigenvalue weighted by molar-refractivity contribution is 0.354. The monoisotopic (exact) mass is 212 g/mol. The van der Waals surface area contributed by atoms with Crippen molar-refractivity contribution in [2.45, 2.75) is 0 Å². The molecule has 0 fully saturated rings. The minimum Gasteiger partial charge on any atom is -0.493 e. The van der Waals surface area contributed by atoms with E-state index in [2.05, 4.69) is 6.58 Å². The number of hydrogen-bond donors (Lipinski definition) is 0. The Morgan fingerprint density at radius 2 is 2.07 bits per heavy atom. The van der Waals surface area contributed by atoms with Crippen LogP contribution in [0.15, 0.2) is 24.8 Å². The lowest BCUT2D eigenvalue weighted by atomic mass is 10.1. The van der Waals surface area contributed by atoms with Gasteiger partial charge in [0.2, 0.25) is 0 Å². The van der Waals surface area contributed by atoms with Gasteiger partial charge in [-0.2, -0.15) is 0 Å². The van der Waals surface area contributed by atoms with Crippen molar-refractivity contribution in [1.82, 2.24) is 0 Å². The first kappa shape index (κ1) is 10.9. The molecule has 1 aromatic carbocycles. The van der Waals surface area contributed by atoms with Crippen LogP contribution in [0.4, 0.5) is 0 Å². The van der Waals surface area contributed by atoms with E-state index in [1.54, 1.807) is 14.2 Å². The van der Waals surface area contributed by atoms with E-state index in [1.165, 1.54) is 0 Å². The first-order valence-corrected chi connectivity index (χ1v) is 4.73. The molecule has 1 aromatic rings. The molecule has 0 radical (unpaired) electrons. The fraction of sp³-hybridized carbons (Fsp3) is 0.273. The van der Waals surface area contributed by atoms with Crippen LogP contribution < -0.4 is 9.47 Å². The van der Waals surface area contributed by atoms with Crippen LogP contribution >= 0.6 is 11.6 Å². The van der Waals surface area contributed by atoms with Crippen LogP contribution in [0.3, 0.4) is 0 Å². The summed E-state index contributed by atoms with van der Waals surface area (Å²) in [4.78, 5) is 0. The van der Waals surface area contributed by atoms with Gasteiger partial charge in [0.1, 0.15) is 0 Å². The third kappa shape index (κ3) is 2.02. The number of para-hydroxylation sites is 1. The zero-order valence-corrected chi connectivity index (χ0v) is 9.10. The smallest absolute Gasteiger partial charge is 0.168 e. The molecule has 0 bridgehead atoms. The number of halogens is 1. The molecule has 0 saturated heterocycles. The first-order valence-electron chi connectivity index (χ1n) is 4.19. The summed E-state index contributed by atoms with van der Waals surface area (Å²) in [6.45, 7) is 3.86. The van der Waals surface area contributed by atoms with E-state index in [9.17, 15) is 0 Å². The Balaban J connectivity index is 3.21. The van der Waals surface area contributed by atoms with Gasteiger partial charge in [-0.3, -0.25) is 0 Å². The standard InChI is InChI=1S/C11H13ClO2/c1-8(7-12)9-5-4-6-10(13-2)11(9)14-3/h4-6H,1,7H2,2-3H3. The summed E-state index contributed by atoms with van der Waals surface area (Å²) in [7, 11) is 3.20. The molecule has 2 nitrogen and oxygen atoms in total. The number of rotatable bonds is 4. The highest BCUT2D eigenvalue weighted by Gasteiger charge is 2.10. The molecule has 0 heterocycles. The Bertz CT molecular complexity index is 334. The molecule has 0 aromatic heterocycles. The van der Waals surface area contributed by atoms with Crippen LogP contribution in [0.2, 0.25) is 0 Å². The van der Waals surface area contributed by atoms with E-state index < -0.39 is 0 Å². The molecule has 0 aliphatic rings. The topological polar surface area (TPSA) is 18.5 Å². The van der Waals surface area contributed by atoms with Gasteiger partial charge in [0.15, 0.2) is 11.5 Å². The molecular formula is C11H13ClO2. The molecular weight excluding hydrogens is 200 g/mol. The van der Waals surface area contributed by atoms with Gasteiger partial charge < -0.3 is 9.47 Å². The number of allylic oxidation sites excluding steroid dienone is 1. The van der Waals surface area contributed by atoms with Crippen LogP contribution in [-0.4, -0.2) is 20.1 Å². The summed E-state index contributed by atoms with van der Waals surface area (Å²) in [5.74, 6) is 1.75. The van der Waals surface area contributed by atoms with Gasteiger partial charge >= 0.3 is 0 Å². The molecule has 0 saturated carbocycles. The van der Waals surface area contributed by atoms with E-state index in [0.717, 1.165) is 11.1 Å². The second-order valence-electron chi connectivity index (χ2n) is 2.78. The van der Waals surface area contributed by atoms with E-state index in [4.69, 9.17) is 21.1 Å². The molecule has 14 heavy (non-hydrogen) atoms. The number of alkyl halides is 1. The Morgan fingerprint density at radius 1 is 1.36 bits per heavy atom. The van der Waals surface area contributed by atoms with Gasteiger partial charge in [-0.1, -0.05) is 18.7 Å². The maximum Gasteiger partial charge on any atom is 0.168 e. The molecule has 1 rings (SSSR count). The zero-order valence-electron chi connectivity index (χ0n) is 8.34. The fourth-order valence-corrected chi connectivity index (χ4v) is 1.38. The van der Waals surface area contributed by atoms with Gasteiger partial charge in [-0.05, 0) is 11.6 Å². The van der Waals surface area contributed by atoms with Crippen molar-refractivity contribution in [1.29, 1.82) is 0 Å². The van der Waals surface area contributed by atoms with Gasteiger partial charge in [-0.15, -0.1) is 11.6 Å². The zero-order chi connectivity index (χ0) is 10.6. The minimum absolute atomic E-state index is 0.378. The first-order chi connectivity index (χ1) is 6.74. The van der Waals surface area contributed by atoms with Crippen molar-refractivity contribution in [3.8, 4) is 11.5 Å². The van der Waals surface area contributed by atoms with Gasteiger partial charge in [0.05, 0.1) is 14.2 Å². The van der Waals surface area contributed by atoms with Crippen LogP contribution in [0.5, 0.6) is 11.5 Å². The summed E-state index contributed by atoms with van der Waals surface area (Å²) in [5.41, 5.74) is 1.71. The van der Waals surface area contributed by atoms with Crippen LogP contribution in [0.1, 0.15) is 5.56 Å². The third-order valence-electron chi connectivity index (χ3n) is 1.95. The Labute approximate surface area is 89.1 Å². The largest absolute Gasteiger partial charge is 0.493 e. The maximum absolute atomic E-state index is 5.72. The van der Waals surface area contributed by atoms with Crippen molar-refractivity contribution >= 4 is 17.2 Å². The highest BCUT2D eigenvalue weighted by atomic mass is 35.5. The van der Waals surface area contributed by atoms with Gasteiger partial charge in [0.25, 0.3) is 0 Å². The molecule has 76 valence electrons. The van der Waals surface area contributed by atoms with Crippen molar-refractivity contribution in [2.75, 3.05) is 20.1 Å². The van der Waals surface area contributed by atoms with Crippen molar-refractivity contribution in [3.05, 3.63) is 30.3 Å². The molecule has 0 spiro atoms. The minimum atomic E-state index is 0.378. The van der Waals surface area contributed by atoms with Crippen LogP contribution in [0.25, 0.3) is 5.57 Å². The van der Waals surface area contributed by atoms with Crippen LogP contribution in [-0.2, 0) is 0 Å². The van der Waals surface area contributed by atoms with Crippen molar-refractivity contribution in [2.24, 2.45) is 0 Å². The van der Waals surface area contributed by atoms with E-state index in [-0.39, 0.29) is 0 Å². The highest BCUT2D eigenvalue weighted by molar-refractivity contribution is 6.23. The predicted octanol–water partition coefficient (Wildman–Crippen LogP) is 2.96. The molecule has 3 heteroatoms. The van der Waals surface area contributed by atoms with Gasteiger partial charge in [0, 0.05) is 11.4 Å². The summed E-state index contributed by atoms with van der Waals surface area (Å²) in [5, 5.41) is 0. The number of benzene rings is 1. The quantitative estimate of drug-likeness (QED) is 0.715. The van der Waals surface area contributed by atoms with Crippen LogP contribution in [0, 0.1) is 0 Å². The summed E-state index contributed by atoms with van der Waals surface area (Å²) >= 11 is 5.72. The second kappa shape index (κ2) is 4.91. The average molecular weight is 213 g/mol. The van der Waals surface area contributed by atoms with Crippen molar-refractivity contribution < 1.29 is 9.47 Å². The van der Waals surface area contributed by atoms with Crippen molar-refractivity contribution in [3.63, 3.8) is 0 Å². The second-order valence-corrected chi connectivity index (χ2v) is 3.05. The SMILES string of the molecule is C=C(CCl)c1cccc(OC)c1OC. The Kier molecular flexibility index (Phi) is 3.84.